The second-order valence-corrected chi connectivity index (χ2v) is 12.5. The normalized spacial score (nSPS) is 58.9. The van der Waals surface area contributed by atoms with Crippen LogP contribution in [0.4, 0.5) is 0 Å². The maximum absolute atomic E-state index is 6.91. The summed E-state index contributed by atoms with van der Waals surface area (Å²) < 4.78 is 13.4. The fourth-order valence-electron chi connectivity index (χ4n) is 9.72. The molecule has 2 aliphatic heterocycles. The first-order chi connectivity index (χ1) is 13.9. The molecule has 162 valence electrons. The number of hydrogen-bond donors (Lipinski definition) is 0. The molecule has 1 spiro atoms. The maximum Gasteiger partial charge on any atom is 0.171 e. The average Bonchev–Trinajstić information content (AvgIpc) is 3.15. The topological polar surface area (TPSA) is 18.5 Å². The van der Waals surface area contributed by atoms with Gasteiger partial charge >= 0.3 is 0 Å². The molecule has 2 saturated heterocycles. The Morgan fingerprint density at radius 2 is 1.86 bits per heavy atom. The highest BCUT2D eigenvalue weighted by atomic mass is 16.7. The molecular weight excluding hydrogens is 356 g/mol. The highest BCUT2D eigenvalue weighted by Gasteiger charge is 2.68. The Morgan fingerprint density at radius 3 is 2.66 bits per heavy atom. The molecule has 6 aliphatic rings. The minimum absolute atomic E-state index is 0.262. The summed E-state index contributed by atoms with van der Waals surface area (Å²) in [6.07, 6.45) is 16.7. The molecule has 0 amide bonds. The van der Waals surface area contributed by atoms with E-state index in [1.807, 2.05) is 5.57 Å². The lowest BCUT2D eigenvalue weighted by atomic mass is 9.47. The third kappa shape index (κ3) is 2.48. The van der Waals surface area contributed by atoms with E-state index in [1.54, 1.807) is 0 Å². The van der Waals surface area contributed by atoms with Crippen molar-refractivity contribution in [3.05, 3.63) is 11.6 Å². The van der Waals surface area contributed by atoms with Gasteiger partial charge in [-0.1, -0.05) is 45.8 Å². The van der Waals surface area contributed by atoms with E-state index >= 15 is 0 Å². The summed E-state index contributed by atoms with van der Waals surface area (Å²) in [6, 6.07) is 0. The highest BCUT2D eigenvalue weighted by Crippen LogP contribution is 2.70. The summed E-state index contributed by atoms with van der Waals surface area (Å²) in [6.45, 7) is 11.0. The Hall–Kier alpha value is -0.340. The van der Waals surface area contributed by atoms with Crippen LogP contribution in [-0.2, 0) is 9.47 Å². The molecule has 5 fully saturated rings. The zero-order chi connectivity index (χ0) is 20.0. The van der Waals surface area contributed by atoms with E-state index in [2.05, 4.69) is 33.8 Å². The Morgan fingerprint density at radius 1 is 1.00 bits per heavy atom. The van der Waals surface area contributed by atoms with Crippen LogP contribution in [0.25, 0.3) is 0 Å². The lowest BCUT2D eigenvalue weighted by molar-refractivity contribution is -0.272. The summed E-state index contributed by atoms with van der Waals surface area (Å²) in [5.74, 6) is 4.35. The van der Waals surface area contributed by atoms with Gasteiger partial charge in [-0.05, 0) is 91.8 Å². The average molecular weight is 399 g/mol. The van der Waals surface area contributed by atoms with Gasteiger partial charge < -0.3 is 9.47 Å². The first kappa shape index (κ1) is 19.4. The minimum Gasteiger partial charge on any atom is -0.349 e. The largest absolute Gasteiger partial charge is 0.349 e. The minimum atomic E-state index is -0.262. The quantitative estimate of drug-likeness (QED) is 0.420. The molecule has 29 heavy (non-hydrogen) atoms. The third-order valence-corrected chi connectivity index (χ3v) is 11.3. The molecule has 0 aromatic heterocycles. The van der Waals surface area contributed by atoms with Gasteiger partial charge in [0, 0.05) is 12.3 Å². The Balaban J connectivity index is 1.29. The van der Waals surface area contributed by atoms with Gasteiger partial charge in [-0.3, -0.25) is 0 Å². The van der Waals surface area contributed by atoms with Gasteiger partial charge in [0.1, 0.15) is 0 Å². The van der Waals surface area contributed by atoms with E-state index in [4.69, 9.17) is 9.47 Å². The first-order valence-corrected chi connectivity index (χ1v) is 12.9. The van der Waals surface area contributed by atoms with E-state index in [0.29, 0.717) is 34.7 Å². The van der Waals surface area contributed by atoms with Gasteiger partial charge in [0.2, 0.25) is 0 Å². The van der Waals surface area contributed by atoms with Crippen LogP contribution in [0.1, 0.15) is 91.9 Å². The molecule has 6 rings (SSSR count). The van der Waals surface area contributed by atoms with Crippen molar-refractivity contribution in [2.24, 2.45) is 46.3 Å². The van der Waals surface area contributed by atoms with Crippen LogP contribution in [-0.4, -0.2) is 18.5 Å². The molecule has 0 aromatic carbocycles. The van der Waals surface area contributed by atoms with E-state index in [0.717, 1.165) is 30.8 Å². The molecule has 0 N–H and O–H groups in total. The second kappa shape index (κ2) is 6.35. The van der Waals surface area contributed by atoms with Gasteiger partial charge in [0.05, 0.1) is 12.7 Å². The summed E-state index contributed by atoms with van der Waals surface area (Å²) in [7, 11) is 0. The van der Waals surface area contributed by atoms with Gasteiger partial charge in [0.25, 0.3) is 0 Å². The molecule has 10 atom stereocenters. The van der Waals surface area contributed by atoms with Crippen molar-refractivity contribution in [2.75, 3.05) is 6.61 Å². The van der Waals surface area contributed by atoms with Crippen molar-refractivity contribution in [2.45, 2.75) is 104 Å². The van der Waals surface area contributed by atoms with E-state index in [1.165, 1.54) is 57.8 Å². The molecule has 4 aliphatic carbocycles. The number of fused-ring (bicyclic) bond motifs is 7. The van der Waals surface area contributed by atoms with Crippen LogP contribution in [0, 0.1) is 46.3 Å². The Bertz CT molecular complexity index is 703. The predicted molar refractivity (Wildman–Crippen MR) is 116 cm³/mol. The number of ether oxygens (including phenoxy) is 2. The maximum atomic E-state index is 6.91. The van der Waals surface area contributed by atoms with Crippen molar-refractivity contribution < 1.29 is 9.47 Å². The van der Waals surface area contributed by atoms with Crippen molar-refractivity contribution in [3.63, 3.8) is 0 Å². The first-order valence-electron chi connectivity index (χ1n) is 12.9. The summed E-state index contributed by atoms with van der Waals surface area (Å²) in [5, 5.41) is 0. The van der Waals surface area contributed by atoms with Crippen LogP contribution < -0.4 is 0 Å². The third-order valence-electron chi connectivity index (χ3n) is 11.3. The molecule has 2 heterocycles. The Labute approximate surface area is 178 Å². The van der Waals surface area contributed by atoms with E-state index < -0.39 is 0 Å². The lowest BCUT2D eigenvalue weighted by Crippen LogP contribution is -2.52. The zero-order valence-corrected chi connectivity index (χ0v) is 19.2. The monoisotopic (exact) mass is 398 g/mol. The van der Waals surface area contributed by atoms with Crippen LogP contribution in [0.5, 0.6) is 0 Å². The zero-order valence-electron chi connectivity index (χ0n) is 19.2. The fraction of sp³-hybridized carbons (Fsp3) is 0.926. The van der Waals surface area contributed by atoms with Gasteiger partial charge in [0.15, 0.2) is 5.79 Å². The van der Waals surface area contributed by atoms with Crippen molar-refractivity contribution in [1.82, 2.24) is 0 Å². The molecule has 0 radical (unpaired) electrons. The molecule has 3 saturated carbocycles. The van der Waals surface area contributed by atoms with Gasteiger partial charge in [-0.25, -0.2) is 0 Å². The Kier molecular flexibility index (Phi) is 4.23. The van der Waals surface area contributed by atoms with Crippen LogP contribution in [0.15, 0.2) is 11.6 Å². The summed E-state index contributed by atoms with van der Waals surface area (Å²) >= 11 is 0. The lowest BCUT2D eigenvalue weighted by Gasteiger charge is -2.58. The van der Waals surface area contributed by atoms with Crippen LogP contribution in [0.2, 0.25) is 0 Å². The highest BCUT2D eigenvalue weighted by molar-refractivity contribution is 5.25. The number of rotatable bonds is 0. The number of hydrogen-bond acceptors (Lipinski definition) is 2. The van der Waals surface area contributed by atoms with Crippen LogP contribution >= 0.6 is 0 Å². The number of allylic oxidation sites excluding steroid dienone is 2. The molecule has 0 bridgehead atoms. The smallest absolute Gasteiger partial charge is 0.171 e. The van der Waals surface area contributed by atoms with E-state index in [-0.39, 0.29) is 5.79 Å². The van der Waals surface area contributed by atoms with Gasteiger partial charge in [-0.2, -0.15) is 0 Å². The predicted octanol–water partition coefficient (Wildman–Crippen LogP) is 6.74. The molecule has 2 nitrogen and oxygen atoms in total. The summed E-state index contributed by atoms with van der Waals surface area (Å²) in [5.41, 5.74) is 2.80. The van der Waals surface area contributed by atoms with Crippen molar-refractivity contribution in [3.8, 4) is 0 Å². The second-order valence-electron chi connectivity index (χ2n) is 12.5. The molecule has 0 aromatic rings. The fourth-order valence-corrected chi connectivity index (χ4v) is 9.72. The molecule has 1 unspecified atom stereocenters. The SMILES string of the molecule is CC1CC[C@@]2(OC1)O[C@H]1C[C@H]3[C@@H]4CC=C5CCCC[C@]5(C)[C@H]4CC[C@]3(C)[C@H]1[C@@H]2C. The molecule has 2 heteroatoms. The van der Waals surface area contributed by atoms with Gasteiger partial charge in [-0.15, -0.1) is 0 Å². The summed E-state index contributed by atoms with van der Waals surface area (Å²) in [4.78, 5) is 0. The molecular formula is C27H42O2. The van der Waals surface area contributed by atoms with Crippen LogP contribution in [0.3, 0.4) is 0 Å². The standard InChI is InChI=1S/C27H42O2/c1-17-10-14-27(28-16-17)18(2)24-23(29-27)15-22-20-9-8-19-7-5-6-12-25(19,3)21(20)11-13-26(22,24)4/h8,17-18,20-24H,5-7,9-16H2,1-4H3/t17?,18-,20+,21-,22-,23-,24-,25-,26-,27+/m0/s1. The van der Waals surface area contributed by atoms with Crippen molar-refractivity contribution >= 4 is 0 Å². The van der Waals surface area contributed by atoms with Crippen molar-refractivity contribution in [1.29, 1.82) is 0 Å². The van der Waals surface area contributed by atoms with E-state index in [9.17, 15) is 0 Å².